The van der Waals surface area contributed by atoms with Crippen LogP contribution >= 0.6 is 0 Å². The van der Waals surface area contributed by atoms with Gasteiger partial charge in [-0.25, -0.2) is 9.37 Å². The Balaban J connectivity index is 1.49. The van der Waals surface area contributed by atoms with E-state index in [1.54, 1.807) is 18.3 Å². The molecule has 1 amide bonds. The largest absolute Gasteiger partial charge is 0.441 e. The summed E-state index contributed by atoms with van der Waals surface area (Å²) in [5, 5.41) is 2.76. The lowest BCUT2D eigenvalue weighted by atomic mass is 10.2. The Labute approximate surface area is 139 Å². The van der Waals surface area contributed by atoms with E-state index in [0.29, 0.717) is 24.6 Å². The molecule has 0 unspecified atom stereocenters. The summed E-state index contributed by atoms with van der Waals surface area (Å²) in [6, 6.07) is 15.8. The average molecular weight is 324 g/mol. The van der Waals surface area contributed by atoms with Crippen LogP contribution in [0.1, 0.15) is 17.9 Å². The zero-order valence-electron chi connectivity index (χ0n) is 13.0. The Bertz CT molecular complexity index is 815. The fraction of sp³-hybridized carbons (Fsp3) is 0.158. The first-order chi connectivity index (χ1) is 11.7. The molecule has 0 bridgehead atoms. The van der Waals surface area contributed by atoms with E-state index in [1.807, 2.05) is 30.3 Å². The molecule has 0 radical (unpaired) electrons. The second kappa shape index (κ2) is 7.55. The van der Waals surface area contributed by atoms with Crippen molar-refractivity contribution in [3.8, 4) is 11.3 Å². The fourth-order valence-corrected chi connectivity index (χ4v) is 2.32. The standard InChI is InChI=1S/C19H17FN2O2/c20-16-8-4-5-14(11-16)12-21-18(23)9-10-19-22-13-17(24-19)15-6-2-1-3-7-15/h1-8,11,13H,9-10,12H2,(H,21,23). The second-order valence-electron chi connectivity index (χ2n) is 5.39. The third-order valence-electron chi connectivity index (χ3n) is 3.56. The molecular weight excluding hydrogens is 307 g/mol. The van der Waals surface area contributed by atoms with Crippen LogP contribution in [0.4, 0.5) is 4.39 Å². The van der Waals surface area contributed by atoms with Crippen LogP contribution < -0.4 is 5.32 Å². The third-order valence-corrected chi connectivity index (χ3v) is 3.56. The van der Waals surface area contributed by atoms with Crippen molar-refractivity contribution < 1.29 is 13.6 Å². The molecule has 0 aliphatic carbocycles. The number of hydrogen-bond donors (Lipinski definition) is 1. The van der Waals surface area contributed by atoms with Gasteiger partial charge in [-0.1, -0.05) is 42.5 Å². The summed E-state index contributed by atoms with van der Waals surface area (Å²) < 4.78 is 18.7. The highest BCUT2D eigenvalue weighted by Crippen LogP contribution is 2.20. The van der Waals surface area contributed by atoms with Crippen LogP contribution in [0.2, 0.25) is 0 Å². The maximum absolute atomic E-state index is 13.1. The first-order valence-corrected chi connectivity index (χ1v) is 7.72. The molecule has 1 heterocycles. The number of nitrogens with one attached hydrogen (secondary N) is 1. The Morgan fingerprint density at radius 2 is 1.96 bits per heavy atom. The van der Waals surface area contributed by atoms with E-state index in [1.165, 1.54) is 12.1 Å². The number of carbonyl (C=O) groups is 1. The van der Waals surface area contributed by atoms with Crippen LogP contribution in [-0.4, -0.2) is 10.9 Å². The molecule has 0 aliphatic rings. The highest BCUT2D eigenvalue weighted by atomic mass is 19.1. The normalized spacial score (nSPS) is 10.5. The van der Waals surface area contributed by atoms with Crippen molar-refractivity contribution >= 4 is 5.91 Å². The molecule has 0 atom stereocenters. The predicted molar refractivity (Wildman–Crippen MR) is 88.5 cm³/mol. The van der Waals surface area contributed by atoms with Gasteiger partial charge in [0.25, 0.3) is 0 Å². The number of benzene rings is 2. The minimum atomic E-state index is -0.310. The minimum Gasteiger partial charge on any atom is -0.441 e. The van der Waals surface area contributed by atoms with Gasteiger partial charge in [0.15, 0.2) is 11.7 Å². The molecule has 0 spiro atoms. The fourth-order valence-electron chi connectivity index (χ4n) is 2.32. The maximum atomic E-state index is 13.1. The van der Waals surface area contributed by atoms with Gasteiger partial charge >= 0.3 is 0 Å². The van der Waals surface area contributed by atoms with Crippen LogP contribution in [0.25, 0.3) is 11.3 Å². The molecule has 3 rings (SSSR count). The van der Waals surface area contributed by atoms with E-state index in [4.69, 9.17) is 4.42 Å². The van der Waals surface area contributed by atoms with Gasteiger partial charge in [-0.15, -0.1) is 0 Å². The number of rotatable bonds is 6. The molecule has 4 nitrogen and oxygen atoms in total. The van der Waals surface area contributed by atoms with Gasteiger partial charge in [-0.2, -0.15) is 0 Å². The monoisotopic (exact) mass is 324 g/mol. The lowest BCUT2D eigenvalue weighted by Crippen LogP contribution is -2.23. The number of aryl methyl sites for hydroxylation is 1. The molecule has 5 heteroatoms. The van der Waals surface area contributed by atoms with Crippen molar-refractivity contribution in [2.75, 3.05) is 0 Å². The summed E-state index contributed by atoms with van der Waals surface area (Å²) in [6.07, 6.45) is 2.35. The Hall–Kier alpha value is -2.95. The first kappa shape index (κ1) is 15.9. The van der Waals surface area contributed by atoms with Gasteiger partial charge < -0.3 is 9.73 Å². The minimum absolute atomic E-state index is 0.126. The molecule has 1 N–H and O–H groups in total. The molecule has 0 fully saturated rings. The van der Waals surface area contributed by atoms with Gasteiger partial charge in [0, 0.05) is 24.9 Å². The van der Waals surface area contributed by atoms with Crippen molar-refractivity contribution in [1.82, 2.24) is 10.3 Å². The van der Waals surface area contributed by atoms with Crippen LogP contribution in [0.5, 0.6) is 0 Å². The summed E-state index contributed by atoms with van der Waals surface area (Å²) in [5.41, 5.74) is 1.68. The highest BCUT2D eigenvalue weighted by molar-refractivity contribution is 5.76. The summed E-state index contributed by atoms with van der Waals surface area (Å²) >= 11 is 0. The predicted octanol–water partition coefficient (Wildman–Crippen LogP) is 3.73. The number of aromatic nitrogens is 1. The lowest BCUT2D eigenvalue weighted by molar-refractivity contribution is -0.121. The molecular formula is C19H17FN2O2. The molecule has 0 saturated carbocycles. The van der Waals surface area contributed by atoms with Gasteiger partial charge in [-0.05, 0) is 17.7 Å². The molecule has 1 aromatic heterocycles. The van der Waals surface area contributed by atoms with Crippen LogP contribution in [0, 0.1) is 5.82 Å². The number of oxazole rings is 1. The number of nitrogens with zero attached hydrogens (tertiary/aromatic N) is 1. The Morgan fingerprint density at radius 3 is 2.75 bits per heavy atom. The Morgan fingerprint density at radius 1 is 1.12 bits per heavy atom. The highest BCUT2D eigenvalue weighted by Gasteiger charge is 2.09. The van der Waals surface area contributed by atoms with E-state index in [0.717, 1.165) is 11.1 Å². The number of amides is 1. The van der Waals surface area contributed by atoms with Crippen molar-refractivity contribution in [2.45, 2.75) is 19.4 Å². The van der Waals surface area contributed by atoms with Gasteiger partial charge in [-0.3, -0.25) is 4.79 Å². The van der Waals surface area contributed by atoms with Crippen molar-refractivity contribution in [1.29, 1.82) is 0 Å². The average Bonchev–Trinajstić information content (AvgIpc) is 3.08. The van der Waals surface area contributed by atoms with Gasteiger partial charge in [0.1, 0.15) is 5.82 Å². The zero-order chi connectivity index (χ0) is 16.8. The summed E-state index contributed by atoms with van der Waals surface area (Å²) in [7, 11) is 0. The smallest absolute Gasteiger partial charge is 0.220 e. The van der Waals surface area contributed by atoms with Crippen molar-refractivity contribution in [3.63, 3.8) is 0 Å². The maximum Gasteiger partial charge on any atom is 0.220 e. The zero-order valence-corrected chi connectivity index (χ0v) is 13.0. The SMILES string of the molecule is O=C(CCc1ncc(-c2ccccc2)o1)NCc1cccc(F)c1. The van der Waals surface area contributed by atoms with E-state index < -0.39 is 0 Å². The van der Waals surface area contributed by atoms with E-state index in [-0.39, 0.29) is 18.1 Å². The molecule has 0 saturated heterocycles. The Kier molecular flexibility index (Phi) is 5.01. The molecule has 24 heavy (non-hydrogen) atoms. The molecule has 3 aromatic rings. The second-order valence-corrected chi connectivity index (χ2v) is 5.39. The number of halogens is 1. The quantitative estimate of drug-likeness (QED) is 0.751. The van der Waals surface area contributed by atoms with E-state index in [2.05, 4.69) is 10.3 Å². The summed E-state index contributed by atoms with van der Waals surface area (Å²) in [5.74, 6) is 0.772. The number of carbonyl (C=O) groups excluding carboxylic acids is 1. The third kappa shape index (κ3) is 4.29. The van der Waals surface area contributed by atoms with E-state index in [9.17, 15) is 9.18 Å². The summed E-state index contributed by atoms with van der Waals surface area (Å²) in [6.45, 7) is 0.303. The van der Waals surface area contributed by atoms with Gasteiger partial charge in [0.05, 0.1) is 6.20 Å². The lowest BCUT2D eigenvalue weighted by Gasteiger charge is -2.04. The molecule has 0 aliphatic heterocycles. The van der Waals surface area contributed by atoms with Crippen LogP contribution in [0.3, 0.4) is 0 Å². The van der Waals surface area contributed by atoms with Crippen molar-refractivity contribution in [3.05, 3.63) is 78.1 Å². The first-order valence-electron chi connectivity index (χ1n) is 7.72. The topological polar surface area (TPSA) is 55.1 Å². The molecule has 2 aromatic carbocycles. The van der Waals surface area contributed by atoms with Gasteiger partial charge in [0.2, 0.25) is 5.91 Å². The van der Waals surface area contributed by atoms with E-state index >= 15 is 0 Å². The summed E-state index contributed by atoms with van der Waals surface area (Å²) in [4.78, 5) is 16.1. The van der Waals surface area contributed by atoms with Crippen LogP contribution in [0.15, 0.2) is 65.2 Å². The van der Waals surface area contributed by atoms with Crippen molar-refractivity contribution in [2.24, 2.45) is 0 Å². The number of hydrogen-bond acceptors (Lipinski definition) is 3. The van der Waals surface area contributed by atoms with Crippen LogP contribution in [-0.2, 0) is 17.8 Å². The molecule has 122 valence electrons.